The summed E-state index contributed by atoms with van der Waals surface area (Å²) in [5, 5.41) is 3.51. The lowest BCUT2D eigenvalue weighted by Crippen LogP contribution is -2.38. The molecule has 0 spiro atoms. The van der Waals surface area contributed by atoms with E-state index >= 15 is 0 Å². The van der Waals surface area contributed by atoms with Gasteiger partial charge >= 0.3 is 5.97 Å². The minimum atomic E-state index is -0.281. The summed E-state index contributed by atoms with van der Waals surface area (Å²) >= 11 is 0. The van der Waals surface area contributed by atoms with Crippen LogP contribution in [-0.2, 0) is 14.3 Å². The van der Waals surface area contributed by atoms with Crippen LogP contribution in [0.4, 0.5) is 0 Å². The van der Waals surface area contributed by atoms with E-state index in [1.807, 2.05) is 0 Å². The van der Waals surface area contributed by atoms with Crippen molar-refractivity contribution in [2.24, 2.45) is 5.41 Å². The van der Waals surface area contributed by atoms with E-state index in [0.29, 0.717) is 24.7 Å². The number of rotatable bonds is 7. The number of carbonyl (C=O) groups is 1. The molecule has 4 heteroatoms. The van der Waals surface area contributed by atoms with E-state index in [9.17, 15) is 4.79 Å². The first-order valence-electron chi connectivity index (χ1n) is 7.00. The zero-order chi connectivity index (χ0) is 13.4. The predicted octanol–water partition coefficient (Wildman–Crippen LogP) is 2.12. The molecule has 1 saturated carbocycles. The van der Waals surface area contributed by atoms with Crippen LogP contribution in [0.2, 0.25) is 0 Å². The van der Waals surface area contributed by atoms with Crippen LogP contribution in [0, 0.1) is 5.41 Å². The standard InChI is InChI=1S/C14H27NO3/c1-4-18-13(16)11-17-9-8-15-12-6-5-7-14(2,3)10-12/h12,15H,4-11H2,1-3H3. The number of ether oxygens (including phenoxy) is 2. The predicted molar refractivity (Wildman–Crippen MR) is 71.5 cm³/mol. The SMILES string of the molecule is CCOC(=O)COCCNC1CCCC(C)(C)C1. The minimum absolute atomic E-state index is 0.0612. The molecule has 0 heterocycles. The molecule has 1 N–H and O–H groups in total. The van der Waals surface area contributed by atoms with E-state index in [4.69, 9.17) is 9.47 Å². The molecule has 1 unspecified atom stereocenters. The highest BCUT2D eigenvalue weighted by Gasteiger charge is 2.27. The summed E-state index contributed by atoms with van der Waals surface area (Å²) in [4.78, 5) is 11.0. The lowest BCUT2D eigenvalue weighted by atomic mass is 9.75. The van der Waals surface area contributed by atoms with Gasteiger partial charge in [-0.05, 0) is 31.6 Å². The Hall–Kier alpha value is -0.610. The summed E-state index contributed by atoms with van der Waals surface area (Å²) in [6.45, 7) is 8.31. The molecule has 0 bridgehead atoms. The smallest absolute Gasteiger partial charge is 0.332 e. The number of esters is 1. The van der Waals surface area contributed by atoms with Gasteiger partial charge < -0.3 is 14.8 Å². The van der Waals surface area contributed by atoms with Crippen molar-refractivity contribution in [3.05, 3.63) is 0 Å². The first-order chi connectivity index (χ1) is 8.53. The molecule has 4 nitrogen and oxygen atoms in total. The normalized spacial score (nSPS) is 22.7. The lowest BCUT2D eigenvalue weighted by molar-refractivity contribution is -0.148. The molecule has 1 fully saturated rings. The molecule has 1 aliphatic rings. The van der Waals surface area contributed by atoms with Gasteiger partial charge in [0.2, 0.25) is 0 Å². The second-order valence-corrected chi connectivity index (χ2v) is 5.77. The topological polar surface area (TPSA) is 47.6 Å². The van der Waals surface area contributed by atoms with Crippen LogP contribution in [0.5, 0.6) is 0 Å². The van der Waals surface area contributed by atoms with Crippen molar-refractivity contribution in [1.29, 1.82) is 0 Å². The van der Waals surface area contributed by atoms with Crippen LogP contribution in [0.25, 0.3) is 0 Å². The maximum atomic E-state index is 11.0. The zero-order valence-corrected chi connectivity index (χ0v) is 12.0. The Morgan fingerprint density at radius 3 is 2.89 bits per heavy atom. The summed E-state index contributed by atoms with van der Waals surface area (Å²) in [5.41, 5.74) is 0.460. The van der Waals surface area contributed by atoms with Gasteiger partial charge in [0.1, 0.15) is 6.61 Å². The molecule has 0 aromatic heterocycles. The third-order valence-corrected chi connectivity index (χ3v) is 3.41. The van der Waals surface area contributed by atoms with E-state index in [0.717, 1.165) is 6.54 Å². The molecule has 1 atom stereocenters. The van der Waals surface area contributed by atoms with Crippen molar-refractivity contribution in [3.63, 3.8) is 0 Å². The van der Waals surface area contributed by atoms with E-state index < -0.39 is 0 Å². The van der Waals surface area contributed by atoms with Gasteiger partial charge in [-0.15, -0.1) is 0 Å². The van der Waals surface area contributed by atoms with E-state index in [1.165, 1.54) is 25.7 Å². The summed E-state index contributed by atoms with van der Waals surface area (Å²) in [5.74, 6) is -0.281. The van der Waals surface area contributed by atoms with Gasteiger partial charge in [0.05, 0.1) is 13.2 Å². The van der Waals surface area contributed by atoms with Gasteiger partial charge in [0.15, 0.2) is 0 Å². The van der Waals surface area contributed by atoms with Crippen molar-refractivity contribution in [1.82, 2.24) is 5.32 Å². The van der Waals surface area contributed by atoms with Crippen LogP contribution in [0.3, 0.4) is 0 Å². The minimum Gasteiger partial charge on any atom is -0.464 e. The maximum absolute atomic E-state index is 11.0. The summed E-state index contributed by atoms with van der Waals surface area (Å²) in [6.07, 6.45) is 5.10. The van der Waals surface area contributed by atoms with Crippen molar-refractivity contribution in [3.8, 4) is 0 Å². The molecular weight excluding hydrogens is 230 g/mol. The molecular formula is C14H27NO3. The third kappa shape index (κ3) is 6.36. The van der Waals surface area contributed by atoms with E-state index in [2.05, 4.69) is 19.2 Å². The fourth-order valence-electron chi connectivity index (χ4n) is 2.57. The highest BCUT2D eigenvalue weighted by atomic mass is 16.6. The maximum Gasteiger partial charge on any atom is 0.332 e. The van der Waals surface area contributed by atoms with Gasteiger partial charge in [-0.1, -0.05) is 20.3 Å². The number of hydrogen-bond donors (Lipinski definition) is 1. The Bertz CT molecular complexity index is 253. The highest BCUT2D eigenvalue weighted by molar-refractivity contribution is 5.70. The lowest BCUT2D eigenvalue weighted by Gasteiger charge is -2.35. The summed E-state index contributed by atoms with van der Waals surface area (Å²) in [6, 6.07) is 0.597. The Balaban J connectivity index is 2.02. The molecule has 18 heavy (non-hydrogen) atoms. The Morgan fingerprint density at radius 1 is 1.44 bits per heavy atom. The first-order valence-corrected chi connectivity index (χ1v) is 7.00. The number of nitrogens with one attached hydrogen (secondary N) is 1. The number of hydrogen-bond acceptors (Lipinski definition) is 4. The van der Waals surface area contributed by atoms with Gasteiger partial charge in [0.25, 0.3) is 0 Å². The van der Waals surface area contributed by atoms with Gasteiger partial charge in [0, 0.05) is 12.6 Å². The quantitative estimate of drug-likeness (QED) is 0.560. The van der Waals surface area contributed by atoms with E-state index in [-0.39, 0.29) is 12.6 Å². The molecule has 0 radical (unpaired) electrons. The van der Waals surface area contributed by atoms with Crippen LogP contribution in [-0.4, -0.2) is 38.4 Å². The summed E-state index contributed by atoms with van der Waals surface area (Å²) in [7, 11) is 0. The second-order valence-electron chi connectivity index (χ2n) is 5.77. The average molecular weight is 257 g/mol. The van der Waals surface area contributed by atoms with Gasteiger partial charge in [-0.3, -0.25) is 0 Å². The Kier molecular flexibility index (Phi) is 6.65. The van der Waals surface area contributed by atoms with Gasteiger partial charge in [-0.2, -0.15) is 0 Å². The molecule has 0 amide bonds. The average Bonchev–Trinajstić information content (AvgIpc) is 2.27. The largest absolute Gasteiger partial charge is 0.464 e. The van der Waals surface area contributed by atoms with Crippen LogP contribution >= 0.6 is 0 Å². The molecule has 1 aliphatic carbocycles. The molecule has 0 aromatic rings. The molecule has 0 saturated heterocycles. The fraction of sp³-hybridized carbons (Fsp3) is 0.929. The Labute approximate surface area is 110 Å². The number of carbonyl (C=O) groups excluding carboxylic acids is 1. The van der Waals surface area contributed by atoms with Crippen molar-refractivity contribution >= 4 is 5.97 Å². The van der Waals surface area contributed by atoms with Gasteiger partial charge in [-0.25, -0.2) is 4.79 Å². The summed E-state index contributed by atoms with van der Waals surface area (Å²) < 4.78 is 10.0. The van der Waals surface area contributed by atoms with Crippen molar-refractivity contribution in [2.75, 3.05) is 26.4 Å². The third-order valence-electron chi connectivity index (χ3n) is 3.41. The van der Waals surface area contributed by atoms with Crippen LogP contribution < -0.4 is 5.32 Å². The fourth-order valence-corrected chi connectivity index (χ4v) is 2.57. The van der Waals surface area contributed by atoms with E-state index in [1.54, 1.807) is 6.92 Å². The van der Waals surface area contributed by atoms with Crippen molar-refractivity contribution < 1.29 is 14.3 Å². The molecule has 1 rings (SSSR count). The van der Waals surface area contributed by atoms with Crippen LogP contribution in [0.1, 0.15) is 46.5 Å². The van der Waals surface area contributed by atoms with Crippen molar-refractivity contribution in [2.45, 2.75) is 52.5 Å². The zero-order valence-electron chi connectivity index (χ0n) is 12.0. The Morgan fingerprint density at radius 2 is 2.22 bits per heavy atom. The molecule has 106 valence electrons. The van der Waals surface area contributed by atoms with Crippen LogP contribution in [0.15, 0.2) is 0 Å². The molecule has 0 aromatic carbocycles. The second kappa shape index (κ2) is 7.74. The monoisotopic (exact) mass is 257 g/mol. The first kappa shape index (κ1) is 15.4. The highest BCUT2D eigenvalue weighted by Crippen LogP contribution is 2.34. The molecule has 0 aliphatic heterocycles.